The quantitative estimate of drug-likeness (QED) is 0.641. The van der Waals surface area contributed by atoms with Crippen molar-refractivity contribution >= 4 is 23.2 Å². The lowest BCUT2D eigenvalue weighted by atomic mass is 10.1. The maximum atomic E-state index is 13.0. The van der Waals surface area contributed by atoms with Crippen molar-refractivity contribution in [2.24, 2.45) is 0 Å². The van der Waals surface area contributed by atoms with Gasteiger partial charge in [0, 0.05) is 10.4 Å². The summed E-state index contributed by atoms with van der Waals surface area (Å²) in [5, 5.41) is 0. The van der Waals surface area contributed by atoms with Gasteiger partial charge in [0.05, 0.1) is 18.4 Å². The zero-order valence-electron chi connectivity index (χ0n) is 15.4. The normalized spacial score (nSPS) is 10.4. The Kier molecular flexibility index (Phi) is 6.06. The van der Waals surface area contributed by atoms with Crippen LogP contribution >= 0.6 is 11.3 Å². The molecular formula is C21H19FN2O3S. The highest BCUT2D eigenvalue weighted by atomic mass is 32.1. The molecule has 2 N–H and O–H groups in total. The Balaban J connectivity index is 1.59. The number of nitrogens with one attached hydrogen (secondary N) is 2. The van der Waals surface area contributed by atoms with Crippen molar-refractivity contribution < 1.29 is 18.7 Å². The molecule has 1 heterocycles. The van der Waals surface area contributed by atoms with E-state index in [1.54, 1.807) is 37.4 Å². The van der Waals surface area contributed by atoms with Gasteiger partial charge >= 0.3 is 0 Å². The second-order valence-electron chi connectivity index (χ2n) is 6.17. The van der Waals surface area contributed by atoms with Crippen molar-refractivity contribution in [3.63, 3.8) is 0 Å². The van der Waals surface area contributed by atoms with E-state index >= 15 is 0 Å². The van der Waals surface area contributed by atoms with Gasteiger partial charge in [-0.25, -0.2) is 4.39 Å². The van der Waals surface area contributed by atoms with Gasteiger partial charge in [0.25, 0.3) is 5.91 Å². The lowest BCUT2D eigenvalue weighted by Crippen LogP contribution is -2.42. The Bertz CT molecular complexity index is 999. The van der Waals surface area contributed by atoms with Gasteiger partial charge in [0.2, 0.25) is 5.91 Å². The highest BCUT2D eigenvalue weighted by Gasteiger charge is 2.13. The molecule has 0 saturated carbocycles. The van der Waals surface area contributed by atoms with E-state index in [2.05, 4.69) is 10.9 Å². The molecule has 2 amide bonds. The summed E-state index contributed by atoms with van der Waals surface area (Å²) >= 11 is 1.26. The van der Waals surface area contributed by atoms with E-state index in [1.165, 1.54) is 23.5 Å². The Morgan fingerprint density at radius 2 is 1.79 bits per heavy atom. The molecule has 0 radical (unpaired) electrons. The number of rotatable bonds is 5. The zero-order valence-corrected chi connectivity index (χ0v) is 16.2. The van der Waals surface area contributed by atoms with Crippen LogP contribution < -0.4 is 15.6 Å². The Morgan fingerprint density at radius 1 is 1.04 bits per heavy atom. The van der Waals surface area contributed by atoms with Crippen molar-refractivity contribution in [1.82, 2.24) is 10.9 Å². The average molecular weight is 398 g/mol. The number of hydrogen-bond acceptors (Lipinski definition) is 4. The fourth-order valence-corrected chi connectivity index (χ4v) is 3.59. The maximum Gasteiger partial charge on any atom is 0.279 e. The van der Waals surface area contributed by atoms with Crippen molar-refractivity contribution in [2.75, 3.05) is 7.11 Å². The van der Waals surface area contributed by atoms with Gasteiger partial charge < -0.3 is 4.74 Å². The van der Waals surface area contributed by atoms with Crippen molar-refractivity contribution in [3.05, 3.63) is 76.4 Å². The second kappa shape index (κ2) is 8.67. The van der Waals surface area contributed by atoms with Crippen molar-refractivity contribution in [1.29, 1.82) is 0 Å². The molecule has 1 aromatic heterocycles. The monoisotopic (exact) mass is 398 g/mol. The molecule has 0 spiro atoms. The molecule has 3 rings (SSSR count). The van der Waals surface area contributed by atoms with Gasteiger partial charge in [-0.3, -0.25) is 20.4 Å². The topological polar surface area (TPSA) is 67.4 Å². The first kappa shape index (κ1) is 19.6. The third kappa shape index (κ3) is 4.75. The minimum Gasteiger partial charge on any atom is -0.496 e. The van der Waals surface area contributed by atoms with Gasteiger partial charge in [0.1, 0.15) is 11.6 Å². The molecule has 144 valence electrons. The first-order chi connectivity index (χ1) is 13.5. The minimum absolute atomic E-state index is 0.0798. The molecule has 0 aliphatic rings. The van der Waals surface area contributed by atoms with Crippen LogP contribution in [0.4, 0.5) is 4.39 Å². The molecular weight excluding hydrogens is 379 g/mol. The highest BCUT2D eigenvalue weighted by molar-refractivity contribution is 7.17. The van der Waals surface area contributed by atoms with E-state index in [-0.39, 0.29) is 18.1 Å². The van der Waals surface area contributed by atoms with Gasteiger partial charge in [0.15, 0.2) is 0 Å². The van der Waals surface area contributed by atoms with Crippen LogP contribution in [0, 0.1) is 12.7 Å². The van der Waals surface area contributed by atoms with Crippen LogP contribution in [0.5, 0.6) is 5.75 Å². The smallest absolute Gasteiger partial charge is 0.279 e. The second-order valence-corrected chi connectivity index (χ2v) is 7.25. The van der Waals surface area contributed by atoms with Crippen molar-refractivity contribution in [2.45, 2.75) is 13.3 Å². The van der Waals surface area contributed by atoms with E-state index in [4.69, 9.17) is 4.74 Å². The molecule has 0 saturated heterocycles. The summed E-state index contributed by atoms with van der Waals surface area (Å²) in [4.78, 5) is 25.7. The van der Waals surface area contributed by atoms with E-state index in [1.807, 2.05) is 19.1 Å². The summed E-state index contributed by atoms with van der Waals surface area (Å²) in [6.07, 6.45) is 0.0798. The number of hydrazine groups is 1. The number of hydrogen-bond donors (Lipinski definition) is 2. The molecule has 0 unspecified atom stereocenters. The number of aryl methyl sites for hydroxylation is 1. The summed E-state index contributed by atoms with van der Waals surface area (Å²) < 4.78 is 18.3. The van der Waals surface area contributed by atoms with Gasteiger partial charge in [-0.15, -0.1) is 11.3 Å². The Hall–Kier alpha value is -3.19. The Labute approximate surface area is 166 Å². The van der Waals surface area contributed by atoms with Crippen LogP contribution in [0.2, 0.25) is 0 Å². The SMILES string of the molecule is COc1ccc(C)cc1CC(=O)NNC(=O)c1ccc(-c2ccc(F)cc2)s1. The summed E-state index contributed by atoms with van der Waals surface area (Å²) in [5.41, 5.74) is 7.41. The van der Waals surface area contributed by atoms with E-state index in [0.717, 1.165) is 21.6 Å². The third-order valence-corrected chi connectivity index (χ3v) is 5.19. The third-order valence-electron chi connectivity index (χ3n) is 4.06. The first-order valence-electron chi connectivity index (χ1n) is 8.55. The molecule has 5 nitrogen and oxygen atoms in total. The van der Waals surface area contributed by atoms with E-state index in [9.17, 15) is 14.0 Å². The van der Waals surface area contributed by atoms with Gasteiger partial charge in [-0.2, -0.15) is 0 Å². The van der Waals surface area contributed by atoms with Gasteiger partial charge in [-0.1, -0.05) is 29.8 Å². The number of thiophene rings is 1. The largest absolute Gasteiger partial charge is 0.496 e. The number of benzene rings is 2. The predicted octanol–water partition coefficient (Wildman–Crippen LogP) is 3.87. The molecule has 3 aromatic rings. The molecule has 0 bridgehead atoms. The fraction of sp³-hybridized carbons (Fsp3) is 0.143. The Morgan fingerprint density at radius 3 is 2.50 bits per heavy atom. The number of halogens is 1. The summed E-state index contributed by atoms with van der Waals surface area (Å²) in [6, 6.07) is 15.1. The molecule has 0 atom stereocenters. The molecule has 2 aromatic carbocycles. The van der Waals surface area contributed by atoms with Crippen LogP contribution in [-0.2, 0) is 11.2 Å². The van der Waals surface area contributed by atoms with E-state index < -0.39 is 5.91 Å². The number of methoxy groups -OCH3 is 1. The number of ether oxygens (including phenoxy) is 1. The van der Waals surface area contributed by atoms with Crippen LogP contribution in [0.1, 0.15) is 20.8 Å². The molecule has 0 fully saturated rings. The predicted molar refractivity (Wildman–Crippen MR) is 107 cm³/mol. The van der Waals surface area contributed by atoms with Crippen LogP contribution in [0.3, 0.4) is 0 Å². The van der Waals surface area contributed by atoms with Crippen LogP contribution in [-0.4, -0.2) is 18.9 Å². The zero-order chi connectivity index (χ0) is 20.1. The lowest BCUT2D eigenvalue weighted by molar-refractivity contribution is -0.121. The number of carbonyl (C=O) groups is 2. The summed E-state index contributed by atoms with van der Waals surface area (Å²) in [6.45, 7) is 1.93. The lowest BCUT2D eigenvalue weighted by Gasteiger charge is -2.10. The molecule has 7 heteroatoms. The van der Waals surface area contributed by atoms with Crippen LogP contribution in [0.25, 0.3) is 10.4 Å². The number of amides is 2. The standard InChI is InChI=1S/C21H19FN2O3S/c1-13-3-8-17(27-2)15(11-13)12-20(25)23-24-21(26)19-10-9-18(28-19)14-4-6-16(22)7-5-14/h3-11H,12H2,1-2H3,(H,23,25)(H,24,26). The van der Waals surface area contributed by atoms with Crippen molar-refractivity contribution in [3.8, 4) is 16.2 Å². The van der Waals surface area contributed by atoms with E-state index in [0.29, 0.717) is 10.6 Å². The average Bonchev–Trinajstić information content (AvgIpc) is 3.17. The molecule has 0 aliphatic carbocycles. The number of carbonyl (C=O) groups excluding carboxylic acids is 2. The fourth-order valence-electron chi connectivity index (χ4n) is 2.68. The van der Waals surface area contributed by atoms with Crippen LogP contribution in [0.15, 0.2) is 54.6 Å². The van der Waals surface area contributed by atoms with Gasteiger partial charge in [-0.05, 0) is 42.8 Å². The molecule has 28 heavy (non-hydrogen) atoms. The summed E-state index contributed by atoms with van der Waals surface area (Å²) in [7, 11) is 1.54. The first-order valence-corrected chi connectivity index (χ1v) is 9.36. The minimum atomic E-state index is -0.414. The summed E-state index contributed by atoms with van der Waals surface area (Å²) in [5.74, 6) is -0.462. The maximum absolute atomic E-state index is 13.0. The highest BCUT2D eigenvalue weighted by Crippen LogP contribution is 2.28. The molecule has 0 aliphatic heterocycles.